The molecule has 2 aromatic carbocycles. The van der Waals surface area contributed by atoms with Crippen LogP contribution in [0.15, 0.2) is 52.3 Å². The van der Waals surface area contributed by atoms with Crippen LogP contribution in [-0.2, 0) is 33.9 Å². The lowest BCUT2D eigenvalue weighted by Crippen LogP contribution is -2.48. The summed E-state index contributed by atoms with van der Waals surface area (Å²) in [5.74, 6) is -1.92. The van der Waals surface area contributed by atoms with Crippen molar-refractivity contribution in [3.63, 3.8) is 0 Å². The molecule has 1 heterocycles. The van der Waals surface area contributed by atoms with E-state index in [2.05, 4.69) is 10.0 Å². The molecule has 2 atom stereocenters. The number of hydrogen-bond acceptors (Lipinski definition) is 10. The third-order valence-electron chi connectivity index (χ3n) is 6.67. The van der Waals surface area contributed by atoms with E-state index in [0.29, 0.717) is 5.39 Å². The smallest absolute Gasteiger partial charge is 0.408 e. The molecule has 1 aliphatic carbocycles. The first-order valence-corrected chi connectivity index (χ1v) is 15.5. The molecular formula is C28H34N4O8S2. The van der Waals surface area contributed by atoms with E-state index in [1.165, 1.54) is 13.2 Å². The van der Waals surface area contributed by atoms with Gasteiger partial charge in [0.15, 0.2) is 5.54 Å². The number of alkyl carbamates (subject to hydrolysis) is 1. The second kappa shape index (κ2) is 11.6. The summed E-state index contributed by atoms with van der Waals surface area (Å²) in [5.41, 5.74) is -1.33. The summed E-state index contributed by atoms with van der Waals surface area (Å²) in [6, 6.07) is 10.4. The van der Waals surface area contributed by atoms with Gasteiger partial charge < -0.3 is 19.7 Å². The number of nitrogens with one attached hydrogen (secondary N) is 2. The number of esters is 1. The molecule has 42 heavy (non-hydrogen) atoms. The maximum Gasteiger partial charge on any atom is 0.408 e. The Morgan fingerprint density at radius 3 is 2.43 bits per heavy atom. The SMILES string of the molecule is COC(=O)C1(NC(=O)OC(C)(C)C)C[C@H]1SC1=CC(=O)N(CCNS(=O)(=O)c2cccc3c(N(C)C)cccc23)C1=O. The number of thioether (sulfide) groups is 1. The average molecular weight is 619 g/mol. The van der Waals surface area contributed by atoms with Gasteiger partial charge in [0.2, 0.25) is 10.0 Å². The molecule has 12 nitrogen and oxygen atoms in total. The van der Waals surface area contributed by atoms with Gasteiger partial charge in [-0.05, 0) is 39.3 Å². The zero-order chi connectivity index (χ0) is 31.0. The fraction of sp³-hybridized carbons (Fsp3) is 0.429. The summed E-state index contributed by atoms with van der Waals surface area (Å²) in [4.78, 5) is 53.5. The van der Waals surface area contributed by atoms with Gasteiger partial charge in [-0.2, -0.15) is 0 Å². The van der Waals surface area contributed by atoms with Crippen LogP contribution in [0.4, 0.5) is 10.5 Å². The zero-order valence-corrected chi connectivity index (χ0v) is 25.9. The van der Waals surface area contributed by atoms with E-state index in [-0.39, 0.29) is 29.3 Å². The lowest BCUT2D eigenvalue weighted by Gasteiger charge is -2.23. The molecule has 2 aromatic rings. The van der Waals surface area contributed by atoms with Crippen LogP contribution in [0, 0.1) is 0 Å². The second-order valence-corrected chi connectivity index (χ2v) is 14.1. The molecule has 4 rings (SSSR count). The Balaban J connectivity index is 1.39. The topological polar surface area (TPSA) is 151 Å². The molecule has 1 unspecified atom stereocenters. The van der Waals surface area contributed by atoms with E-state index in [4.69, 9.17) is 9.47 Å². The summed E-state index contributed by atoms with van der Waals surface area (Å²) in [6.07, 6.45) is 0.503. The van der Waals surface area contributed by atoms with Gasteiger partial charge in [-0.1, -0.05) is 24.3 Å². The summed E-state index contributed by atoms with van der Waals surface area (Å²) in [6.45, 7) is 4.64. The predicted molar refractivity (Wildman–Crippen MR) is 158 cm³/mol. The predicted octanol–water partition coefficient (Wildman–Crippen LogP) is 2.38. The highest BCUT2D eigenvalue weighted by molar-refractivity contribution is 8.05. The van der Waals surface area contributed by atoms with Crippen molar-refractivity contribution in [2.75, 3.05) is 39.2 Å². The van der Waals surface area contributed by atoms with Gasteiger partial charge in [0, 0.05) is 55.0 Å². The lowest BCUT2D eigenvalue weighted by molar-refractivity contribution is -0.144. The van der Waals surface area contributed by atoms with E-state index in [0.717, 1.165) is 33.8 Å². The molecular weight excluding hydrogens is 584 g/mol. The molecule has 2 aliphatic rings. The molecule has 1 aliphatic heterocycles. The van der Waals surface area contributed by atoms with Crippen LogP contribution >= 0.6 is 11.8 Å². The molecule has 0 bridgehead atoms. The van der Waals surface area contributed by atoms with Crippen LogP contribution in [0.1, 0.15) is 27.2 Å². The molecule has 3 amide bonds. The first-order valence-electron chi connectivity index (χ1n) is 13.1. The number of amides is 3. The van der Waals surface area contributed by atoms with E-state index >= 15 is 0 Å². The van der Waals surface area contributed by atoms with Gasteiger partial charge in [0.1, 0.15) is 5.60 Å². The van der Waals surface area contributed by atoms with Gasteiger partial charge in [-0.15, -0.1) is 11.8 Å². The Kier molecular flexibility index (Phi) is 8.63. The van der Waals surface area contributed by atoms with Crippen LogP contribution in [0.2, 0.25) is 0 Å². The van der Waals surface area contributed by atoms with Crippen molar-refractivity contribution in [1.29, 1.82) is 0 Å². The summed E-state index contributed by atoms with van der Waals surface area (Å²) < 4.78 is 39.0. The molecule has 0 aromatic heterocycles. The number of carbonyl (C=O) groups is 4. The first kappa shape index (κ1) is 31.3. The molecule has 0 radical (unpaired) electrons. The number of fused-ring (bicyclic) bond motifs is 1. The molecule has 1 fully saturated rings. The molecule has 2 N–H and O–H groups in total. The van der Waals surface area contributed by atoms with E-state index in [9.17, 15) is 27.6 Å². The number of carbonyl (C=O) groups excluding carboxylic acids is 4. The van der Waals surface area contributed by atoms with Crippen molar-refractivity contribution in [2.45, 2.75) is 48.5 Å². The van der Waals surface area contributed by atoms with Crippen molar-refractivity contribution in [3.8, 4) is 0 Å². The monoisotopic (exact) mass is 618 g/mol. The number of imide groups is 1. The molecule has 0 saturated heterocycles. The highest BCUT2D eigenvalue weighted by Gasteiger charge is 2.64. The minimum absolute atomic E-state index is 0.0786. The van der Waals surface area contributed by atoms with E-state index in [1.807, 2.05) is 31.1 Å². The van der Waals surface area contributed by atoms with Crippen molar-refractivity contribution < 1.29 is 37.1 Å². The van der Waals surface area contributed by atoms with Crippen LogP contribution in [0.5, 0.6) is 0 Å². The Hall–Kier alpha value is -3.62. The number of rotatable bonds is 10. The first-order chi connectivity index (χ1) is 19.6. The summed E-state index contributed by atoms with van der Waals surface area (Å²) >= 11 is 0.976. The van der Waals surface area contributed by atoms with Gasteiger partial charge in [-0.3, -0.25) is 14.5 Å². The molecule has 1 saturated carbocycles. The minimum atomic E-state index is -3.97. The molecule has 14 heteroatoms. The van der Waals surface area contributed by atoms with Crippen LogP contribution in [0.25, 0.3) is 10.8 Å². The summed E-state index contributed by atoms with van der Waals surface area (Å²) in [5, 5.41) is 3.29. The van der Waals surface area contributed by atoms with Crippen LogP contribution < -0.4 is 14.9 Å². The normalized spacial score (nSPS) is 20.4. The number of methoxy groups -OCH3 is 1. The summed E-state index contributed by atoms with van der Waals surface area (Å²) in [7, 11) is 0.953. The van der Waals surface area contributed by atoms with Crippen molar-refractivity contribution in [2.24, 2.45) is 0 Å². The van der Waals surface area contributed by atoms with Gasteiger partial charge in [0.05, 0.1) is 16.9 Å². The standard InChI is InChI=1S/C28H34N4O8S2/c1-27(2,3)40-26(36)30-28(25(35)39-6)16-22(28)41-20-15-23(33)32(24(20)34)14-13-29-42(37,38)21-12-8-9-17-18(21)10-7-11-19(17)31(4)5/h7-12,15,22,29H,13-14,16H2,1-6H3,(H,30,36)/t22-,28?/m1/s1. The number of ether oxygens (including phenoxy) is 2. The van der Waals surface area contributed by atoms with Gasteiger partial charge in [0.25, 0.3) is 11.8 Å². The second-order valence-electron chi connectivity index (χ2n) is 11.1. The van der Waals surface area contributed by atoms with Crippen molar-refractivity contribution >= 4 is 62.1 Å². The zero-order valence-electron chi connectivity index (χ0n) is 24.2. The lowest BCUT2D eigenvalue weighted by atomic mass is 10.1. The largest absolute Gasteiger partial charge is 0.467 e. The number of hydrogen-bond donors (Lipinski definition) is 2. The Bertz CT molecular complexity index is 1580. The maximum absolute atomic E-state index is 13.2. The highest BCUT2D eigenvalue weighted by atomic mass is 32.2. The fourth-order valence-corrected chi connectivity index (χ4v) is 7.26. The Labute approximate surface area is 248 Å². The van der Waals surface area contributed by atoms with Crippen molar-refractivity contribution in [3.05, 3.63) is 47.4 Å². The number of benzene rings is 2. The van der Waals surface area contributed by atoms with Gasteiger partial charge in [-0.25, -0.2) is 22.7 Å². The quantitative estimate of drug-likeness (QED) is 0.300. The van der Waals surface area contributed by atoms with Gasteiger partial charge >= 0.3 is 12.1 Å². The number of nitrogens with zero attached hydrogens (tertiary/aromatic N) is 2. The number of sulfonamides is 1. The van der Waals surface area contributed by atoms with E-state index < -0.39 is 50.3 Å². The third kappa shape index (κ3) is 6.40. The minimum Gasteiger partial charge on any atom is -0.467 e. The average Bonchev–Trinajstić information content (AvgIpc) is 3.52. The fourth-order valence-electron chi connectivity index (χ4n) is 4.63. The van der Waals surface area contributed by atoms with Crippen molar-refractivity contribution in [1.82, 2.24) is 14.9 Å². The third-order valence-corrected chi connectivity index (χ3v) is 9.59. The molecule has 226 valence electrons. The van der Waals surface area contributed by atoms with Crippen LogP contribution in [0.3, 0.4) is 0 Å². The maximum atomic E-state index is 13.2. The highest BCUT2D eigenvalue weighted by Crippen LogP contribution is 2.50. The Morgan fingerprint density at radius 2 is 1.79 bits per heavy atom. The van der Waals surface area contributed by atoms with E-state index in [1.54, 1.807) is 39.0 Å². The number of anilines is 1. The molecule has 0 spiro atoms. The van der Waals surface area contributed by atoms with Crippen LogP contribution in [-0.4, -0.2) is 87.9 Å². The Morgan fingerprint density at radius 1 is 1.12 bits per heavy atom.